The molecule has 1 aromatic heterocycles. The number of aryl methyl sites for hydroxylation is 1. The van der Waals surface area contributed by atoms with Crippen LogP contribution in [0.4, 0.5) is 4.39 Å². The van der Waals surface area contributed by atoms with Gasteiger partial charge in [-0.15, -0.1) is 0 Å². The highest BCUT2D eigenvalue weighted by molar-refractivity contribution is 9.10. The van der Waals surface area contributed by atoms with Gasteiger partial charge in [0.15, 0.2) is 0 Å². The largest absolute Gasteiger partial charge is 0.489 e. The minimum atomic E-state index is -0.334. The molecule has 0 aliphatic heterocycles. The molecule has 0 saturated carbocycles. The zero-order valence-corrected chi connectivity index (χ0v) is 13.1. The van der Waals surface area contributed by atoms with Crippen LogP contribution in [0.5, 0.6) is 5.75 Å². The van der Waals surface area contributed by atoms with Crippen LogP contribution in [0.3, 0.4) is 0 Å². The van der Waals surface area contributed by atoms with E-state index in [1.807, 2.05) is 19.9 Å². The second-order valence-electron chi connectivity index (χ2n) is 4.44. The summed E-state index contributed by atoms with van der Waals surface area (Å²) in [7, 11) is 0. The van der Waals surface area contributed by atoms with Crippen molar-refractivity contribution in [1.82, 2.24) is 5.32 Å². The van der Waals surface area contributed by atoms with Gasteiger partial charge >= 0.3 is 0 Å². The molecule has 1 heterocycles. The molecule has 0 amide bonds. The number of rotatable bonds is 6. The van der Waals surface area contributed by atoms with Crippen LogP contribution in [0, 0.1) is 12.7 Å². The molecule has 0 unspecified atom stereocenters. The first-order valence-electron chi connectivity index (χ1n) is 6.47. The Morgan fingerprint density at radius 3 is 2.85 bits per heavy atom. The van der Waals surface area contributed by atoms with Crippen molar-refractivity contribution in [2.45, 2.75) is 27.0 Å². The van der Waals surface area contributed by atoms with Gasteiger partial charge in [-0.25, -0.2) is 4.39 Å². The van der Waals surface area contributed by atoms with Crippen molar-refractivity contribution in [1.29, 1.82) is 0 Å². The summed E-state index contributed by atoms with van der Waals surface area (Å²) in [5.41, 5.74) is 0.973. The minimum Gasteiger partial charge on any atom is -0.489 e. The molecular weight excluding hydrogens is 325 g/mol. The monoisotopic (exact) mass is 341 g/mol. The van der Waals surface area contributed by atoms with Crippen LogP contribution in [0.25, 0.3) is 0 Å². The van der Waals surface area contributed by atoms with Gasteiger partial charge in [0.1, 0.15) is 29.7 Å². The molecule has 2 rings (SSSR count). The molecule has 0 fully saturated rings. The lowest BCUT2D eigenvalue weighted by Crippen LogP contribution is -2.10. The van der Waals surface area contributed by atoms with E-state index in [9.17, 15) is 4.39 Å². The molecule has 1 N–H and O–H groups in total. The zero-order chi connectivity index (χ0) is 14.5. The number of ether oxygens (including phenoxy) is 1. The maximum Gasteiger partial charge on any atom is 0.141 e. The van der Waals surface area contributed by atoms with Crippen molar-refractivity contribution in [3.63, 3.8) is 0 Å². The Kier molecular flexibility index (Phi) is 5.20. The van der Waals surface area contributed by atoms with Gasteiger partial charge in [0.25, 0.3) is 0 Å². The molecule has 0 bridgehead atoms. The van der Waals surface area contributed by atoms with E-state index < -0.39 is 0 Å². The zero-order valence-electron chi connectivity index (χ0n) is 11.5. The number of nitrogens with one attached hydrogen (secondary N) is 1. The van der Waals surface area contributed by atoms with E-state index in [-0.39, 0.29) is 5.82 Å². The van der Waals surface area contributed by atoms with Crippen LogP contribution in [0.1, 0.15) is 24.0 Å². The van der Waals surface area contributed by atoms with Crippen LogP contribution >= 0.6 is 15.9 Å². The van der Waals surface area contributed by atoms with Gasteiger partial charge in [-0.3, -0.25) is 0 Å². The molecule has 2 aromatic rings. The van der Waals surface area contributed by atoms with Crippen molar-refractivity contribution >= 4 is 15.9 Å². The molecule has 1 aromatic carbocycles. The first-order chi connectivity index (χ1) is 9.60. The second-order valence-corrected chi connectivity index (χ2v) is 5.29. The molecule has 0 spiro atoms. The summed E-state index contributed by atoms with van der Waals surface area (Å²) in [5.74, 6) is 1.87. The van der Waals surface area contributed by atoms with E-state index in [0.717, 1.165) is 23.6 Å². The fraction of sp³-hybridized carbons (Fsp3) is 0.333. The molecule has 0 radical (unpaired) electrons. The molecule has 108 valence electrons. The van der Waals surface area contributed by atoms with Gasteiger partial charge in [0.2, 0.25) is 0 Å². The molecule has 0 aliphatic rings. The lowest BCUT2D eigenvalue weighted by Gasteiger charge is -2.05. The number of furan rings is 1. The highest BCUT2D eigenvalue weighted by Crippen LogP contribution is 2.23. The molecule has 5 heteroatoms. The van der Waals surface area contributed by atoms with E-state index in [0.29, 0.717) is 23.4 Å². The maximum atomic E-state index is 13.4. The van der Waals surface area contributed by atoms with Gasteiger partial charge in [-0.05, 0) is 47.6 Å². The Labute approximate surface area is 126 Å². The van der Waals surface area contributed by atoms with Crippen LogP contribution < -0.4 is 10.1 Å². The molecule has 20 heavy (non-hydrogen) atoms. The summed E-state index contributed by atoms with van der Waals surface area (Å²) in [5, 5.41) is 3.20. The Morgan fingerprint density at radius 1 is 1.35 bits per heavy atom. The van der Waals surface area contributed by atoms with E-state index >= 15 is 0 Å². The lowest BCUT2D eigenvalue weighted by atomic mass is 10.2. The first-order valence-corrected chi connectivity index (χ1v) is 7.26. The molecule has 0 aliphatic carbocycles. The number of hydrogen-bond acceptors (Lipinski definition) is 3. The standard InChI is InChI=1S/C15H17BrFNO2/c1-3-18-8-13-6-11(10(2)20-13)9-19-12-4-5-14(16)15(17)7-12/h4-7,18H,3,8-9H2,1-2H3. The third-order valence-electron chi connectivity index (χ3n) is 2.91. The topological polar surface area (TPSA) is 34.4 Å². The molecular formula is C15H17BrFNO2. The van der Waals surface area contributed by atoms with Gasteiger partial charge in [0.05, 0.1) is 11.0 Å². The Hall–Kier alpha value is -1.33. The first kappa shape index (κ1) is 15.1. The van der Waals surface area contributed by atoms with Crippen LogP contribution in [0.2, 0.25) is 0 Å². The highest BCUT2D eigenvalue weighted by atomic mass is 79.9. The number of hydrogen-bond donors (Lipinski definition) is 1. The fourth-order valence-electron chi connectivity index (χ4n) is 1.79. The summed E-state index contributed by atoms with van der Waals surface area (Å²) in [6.45, 7) is 5.90. The van der Waals surface area contributed by atoms with E-state index in [4.69, 9.17) is 9.15 Å². The molecule has 3 nitrogen and oxygen atoms in total. The predicted molar refractivity (Wildman–Crippen MR) is 79.3 cm³/mol. The number of halogens is 2. The van der Waals surface area contributed by atoms with E-state index in [1.165, 1.54) is 6.07 Å². The van der Waals surface area contributed by atoms with E-state index in [1.54, 1.807) is 12.1 Å². The van der Waals surface area contributed by atoms with Gasteiger partial charge in [-0.1, -0.05) is 6.92 Å². The summed E-state index contributed by atoms with van der Waals surface area (Å²) >= 11 is 3.11. The Balaban J connectivity index is 1.99. The maximum absolute atomic E-state index is 13.4. The quantitative estimate of drug-likeness (QED) is 0.855. The van der Waals surface area contributed by atoms with Crippen molar-refractivity contribution < 1.29 is 13.5 Å². The predicted octanol–water partition coefficient (Wildman–Crippen LogP) is 4.18. The Bertz CT molecular complexity index is 583. The highest BCUT2D eigenvalue weighted by Gasteiger charge is 2.08. The summed E-state index contributed by atoms with van der Waals surface area (Å²) in [6, 6.07) is 6.68. The smallest absolute Gasteiger partial charge is 0.141 e. The summed E-state index contributed by atoms with van der Waals surface area (Å²) in [6.07, 6.45) is 0. The van der Waals surface area contributed by atoms with E-state index in [2.05, 4.69) is 21.2 Å². The molecule has 0 atom stereocenters. The van der Waals surface area contributed by atoms with Crippen LogP contribution in [-0.4, -0.2) is 6.54 Å². The van der Waals surface area contributed by atoms with Crippen LogP contribution in [0.15, 0.2) is 33.2 Å². The van der Waals surface area contributed by atoms with Gasteiger partial charge in [-0.2, -0.15) is 0 Å². The van der Waals surface area contributed by atoms with Crippen LogP contribution in [-0.2, 0) is 13.2 Å². The van der Waals surface area contributed by atoms with Crippen molar-refractivity contribution in [2.75, 3.05) is 6.54 Å². The van der Waals surface area contributed by atoms with Crippen molar-refractivity contribution in [3.8, 4) is 5.75 Å². The normalized spacial score (nSPS) is 10.8. The van der Waals surface area contributed by atoms with Gasteiger partial charge < -0.3 is 14.5 Å². The fourth-order valence-corrected chi connectivity index (χ4v) is 2.04. The Morgan fingerprint density at radius 2 is 2.15 bits per heavy atom. The van der Waals surface area contributed by atoms with Crippen molar-refractivity contribution in [2.24, 2.45) is 0 Å². The average Bonchev–Trinajstić information content (AvgIpc) is 2.78. The third-order valence-corrected chi connectivity index (χ3v) is 3.55. The summed E-state index contributed by atoms with van der Waals surface area (Å²) < 4.78 is 25.0. The average molecular weight is 342 g/mol. The lowest BCUT2D eigenvalue weighted by molar-refractivity contribution is 0.301. The van der Waals surface area contributed by atoms with Crippen molar-refractivity contribution in [3.05, 3.63) is 51.6 Å². The third kappa shape index (κ3) is 3.84. The van der Waals surface area contributed by atoms with Gasteiger partial charge in [0, 0.05) is 11.6 Å². The SMILES string of the molecule is CCNCc1cc(COc2ccc(Br)c(F)c2)c(C)o1. The minimum absolute atomic E-state index is 0.334. The molecule has 0 saturated heterocycles. The second kappa shape index (κ2) is 6.90. The number of benzene rings is 1. The summed E-state index contributed by atoms with van der Waals surface area (Å²) in [4.78, 5) is 0.